The number of amides is 1. The first-order valence-electron chi connectivity index (χ1n) is 9.08. The molecule has 6 heteroatoms. The van der Waals surface area contributed by atoms with Crippen molar-refractivity contribution in [1.29, 1.82) is 0 Å². The van der Waals surface area contributed by atoms with E-state index < -0.39 is 18.1 Å². The number of aromatic nitrogens is 1. The van der Waals surface area contributed by atoms with E-state index in [1.54, 1.807) is 29.1 Å². The predicted molar refractivity (Wildman–Crippen MR) is 104 cm³/mol. The summed E-state index contributed by atoms with van der Waals surface area (Å²) in [4.78, 5) is 23.7. The smallest absolute Gasteiger partial charge is 0.407 e. The van der Waals surface area contributed by atoms with Crippen molar-refractivity contribution in [3.8, 4) is 11.1 Å². The Kier molecular flexibility index (Phi) is 4.85. The number of hydrogen-bond donors (Lipinski definition) is 2. The first-order chi connectivity index (χ1) is 13.6. The van der Waals surface area contributed by atoms with Crippen LogP contribution in [0.15, 0.2) is 73.1 Å². The maximum absolute atomic E-state index is 12.3. The van der Waals surface area contributed by atoms with Crippen LogP contribution in [0.5, 0.6) is 0 Å². The summed E-state index contributed by atoms with van der Waals surface area (Å²) in [7, 11) is 0. The fourth-order valence-electron chi connectivity index (χ4n) is 3.67. The van der Waals surface area contributed by atoms with Gasteiger partial charge in [0.2, 0.25) is 0 Å². The van der Waals surface area contributed by atoms with Crippen molar-refractivity contribution in [3.63, 3.8) is 0 Å². The van der Waals surface area contributed by atoms with Gasteiger partial charge in [0.25, 0.3) is 0 Å². The van der Waals surface area contributed by atoms with Gasteiger partial charge in [-0.1, -0.05) is 48.5 Å². The van der Waals surface area contributed by atoms with E-state index in [-0.39, 0.29) is 19.1 Å². The lowest BCUT2D eigenvalue weighted by Gasteiger charge is -2.18. The van der Waals surface area contributed by atoms with Gasteiger partial charge in [-0.05, 0) is 34.4 Å². The number of hydrogen-bond acceptors (Lipinski definition) is 3. The Labute approximate surface area is 162 Å². The van der Waals surface area contributed by atoms with E-state index in [4.69, 9.17) is 4.74 Å². The number of carboxylic acids is 1. The fraction of sp³-hybridized carbons (Fsp3) is 0.182. The summed E-state index contributed by atoms with van der Waals surface area (Å²) in [6.45, 7) is 0.280. The van der Waals surface area contributed by atoms with Gasteiger partial charge >= 0.3 is 12.1 Å². The van der Waals surface area contributed by atoms with Crippen molar-refractivity contribution >= 4 is 12.1 Å². The fourth-order valence-corrected chi connectivity index (χ4v) is 3.67. The molecule has 1 amide bonds. The number of aliphatic carboxylic acids is 1. The van der Waals surface area contributed by atoms with Gasteiger partial charge in [0.15, 0.2) is 0 Å². The average molecular weight is 376 g/mol. The lowest BCUT2D eigenvalue weighted by molar-refractivity contribution is -0.139. The monoisotopic (exact) mass is 376 g/mol. The Morgan fingerprint density at radius 1 is 0.964 bits per heavy atom. The van der Waals surface area contributed by atoms with Gasteiger partial charge in [0, 0.05) is 18.3 Å². The second kappa shape index (κ2) is 7.60. The average Bonchev–Trinajstić information content (AvgIpc) is 3.32. The van der Waals surface area contributed by atoms with E-state index in [0.29, 0.717) is 0 Å². The number of nitrogens with one attached hydrogen (secondary N) is 1. The number of carbonyl (C=O) groups is 2. The lowest BCUT2D eigenvalue weighted by Crippen LogP contribution is -2.44. The highest BCUT2D eigenvalue weighted by Crippen LogP contribution is 2.44. The van der Waals surface area contributed by atoms with Crippen LogP contribution >= 0.6 is 0 Å². The van der Waals surface area contributed by atoms with Gasteiger partial charge in [0.05, 0.1) is 6.54 Å². The molecule has 28 heavy (non-hydrogen) atoms. The van der Waals surface area contributed by atoms with Crippen molar-refractivity contribution in [2.45, 2.75) is 18.5 Å². The van der Waals surface area contributed by atoms with Crippen LogP contribution in [0.25, 0.3) is 11.1 Å². The number of carbonyl (C=O) groups excluding carboxylic acids is 1. The van der Waals surface area contributed by atoms with Crippen molar-refractivity contribution < 1.29 is 19.4 Å². The zero-order valence-electron chi connectivity index (χ0n) is 15.1. The second-order valence-electron chi connectivity index (χ2n) is 6.74. The minimum Gasteiger partial charge on any atom is -0.480 e. The summed E-state index contributed by atoms with van der Waals surface area (Å²) in [5.74, 6) is -1.17. The summed E-state index contributed by atoms with van der Waals surface area (Å²) >= 11 is 0. The van der Waals surface area contributed by atoms with Crippen molar-refractivity contribution in [1.82, 2.24) is 9.88 Å². The number of alkyl carbamates (subject to hydrolysis) is 1. The zero-order valence-corrected chi connectivity index (χ0v) is 15.1. The summed E-state index contributed by atoms with van der Waals surface area (Å²) in [5.41, 5.74) is 4.50. The van der Waals surface area contributed by atoms with Crippen LogP contribution in [0.1, 0.15) is 17.0 Å². The molecule has 142 valence electrons. The number of nitrogens with zero attached hydrogens (tertiary/aromatic N) is 1. The van der Waals surface area contributed by atoms with Crippen LogP contribution < -0.4 is 5.32 Å². The van der Waals surface area contributed by atoms with Crippen molar-refractivity contribution in [2.75, 3.05) is 6.61 Å². The number of rotatable bonds is 6. The molecule has 0 bridgehead atoms. The Balaban J connectivity index is 1.44. The van der Waals surface area contributed by atoms with Gasteiger partial charge in [0.1, 0.15) is 12.6 Å². The molecule has 2 N–H and O–H groups in total. The topological polar surface area (TPSA) is 80.6 Å². The number of carboxylic acid groups (broad SMARTS) is 1. The summed E-state index contributed by atoms with van der Waals surface area (Å²) < 4.78 is 7.11. The molecule has 1 atom stereocenters. The lowest BCUT2D eigenvalue weighted by atomic mass is 9.98. The van der Waals surface area contributed by atoms with Crippen LogP contribution in [0.3, 0.4) is 0 Å². The molecule has 1 aromatic heterocycles. The molecule has 1 aliphatic carbocycles. The minimum atomic E-state index is -1.11. The molecule has 0 saturated carbocycles. The molecule has 4 rings (SSSR count). The summed E-state index contributed by atoms with van der Waals surface area (Å²) in [6, 6.07) is 18.6. The third-order valence-corrected chi connectivity index (χ3v) is 4.99. The molecule has 0 saturated heterocycles. The van der Waals surface area contributed by atoms with Crippen LogP contribution in [0.2, 0.25) is 0 Å². The third kappa shape index (κ3) is 3.49. The van der Waals surface area contributed by atoms with Gasteiger partial charge in [-0.2, -0.15) is 0 Å². The van der Waals surface area contributed by atoms with Gasteiger partial charge < -0.3 is 19.7 Å². The van der Waals surface area contributed by atoms with Crippen molar-refractivity contribution in [3.05, 3.63) is 84.2 Å². The van der Waals surface area contributed by atoms with E-state index in [9.17, 15) is 14.7 Å². The van der Waals surface area contributed by atoms with Crippen LogP contribution in [-0.2, 0) is 16.1 Å². The Morgan fingerprint density at radius 3 is 2.11 bits per heavy atom. The highest BCUT2D eigenvalue weighted by atomic mass is 16.5. The number of ether oxygens (including phenoxy) is 1. The third-order valence-electron chi connectivity index (χ3n) is 4.99. The Bertz CT molecular complexity index is 952. The summed E-state index contributed by atoms with van der Waals surface area (Å²) in [5, 5.41) is 11.8. The molecule has 0 unspecified atom stereocenters. The maximum atomic E-state index is 12.3. The van der Waals surface area contributed by atoms with Gasteiger partial charge in [-0.25, -0.2) is 9.59 Å². The largest absolute Gasteiger partial charge is 0.480 e. The molecular weight excluding hydrogens is 356 g/mol. The molecule has 0 radical (unpaired) electrons. The van der Waals surface area contributed by atoms with E-state index in [2.05, 4.69) is 17.4 Å². The SMILES string of the molecule is O=C(N[C@@H](Cn1cccc1)C(=O)O)OCC1c2ccccc2-c2ccccc21. The number of benzene rings is 2. The van der Waals surface area contributed by atoms with Crippen LogP contribution in [0.4, 0.5) is 4.79 Å². The van der Waals surface area contributed by atoms with Crippen LogP contribution in [0, 0.1) is 0 Å². The highest BCUT2D eigenvalue weighted by Gasteiger charge is 2.29. The van der Waals surface area contributed by atoms with Crippen LogP contribution in [-0.4, -0.2) is 34.4 Å². The first-order valence-corrected chi connectivity index (χ1v) is 9.08. The van der Waals surface area contributed by atoms with E-state index >= 15 is 0 Å². The Morgan fingerprint density at radius 2 is 1.54 bits per heavy atom. The maximum Gasteiger partial charge on any atom is 0.407 e. The Hall–Kier alpha value is -3.54. The molecule has 0 aliphatic heterocycles. The molecule has 1 heterocycles. The summed E-state index contributed by atoms with van der Waals surface area (Å²) in [6.07, 6.45) is 2.76. The van der Waals surface area contributed by atoms with E-state index in [1.165, 1.54) is 0 Å². The predicted octanol–water partition coefficient (Wildman–Crippen LogP) is 3.48. The normalized spacial score (nSPS) is 13.4. The first kappa shape index (κ1) is 17.9. The molecule has 2 aromatic carbocycles. The second-order valence-corrected chi connectivity index (χ2v) is 6.74. The van der Waals surface area contributed by atoms with Crippen molar-refractivity contribution in [2.24, 2.45) is 0 Å². The minimum absolute atomic E-state index is 0.0640. The van der Waals surface area contributed by atoms with Gasteiger partial charge in [-0.3, -0.25) is 0 Å². The molecule has 0 fully saturated rings. The molecule has 1 aliphatic rings. The van der Waals surface area contributed by atoms with E-state index in [1.807, 2.05) is 36.4 Å². The van der Waals surface area contributed by atoms with Gasteiger partial charge in [-0.15, -0.1) is 0 Å². The molecular formula is C22H20N2O4. The zero-order chi connectivity index (χ0) is 19.5. The molecule has 6 nitrogen and oxygen atoms in total. The number of fused-ring (bicyclic) bond motifs is 3. The molecule has 3 aromatic rings. The standard InChI is InChI=1S/C22H20N2O4/c25-21(26)20(13-24-11-5-6-12-24)23-22(27)28-14-19-17-9-3-1-7-15(17)16-8-2-4-10-18(16)19/h1-12,19-20H,13-14H2,(H,23,27)(H,25,26)/t20-/m0/s1. The highest BCUT2D eigenvalue weighted by molar-refractivity contribution is 5.81. The quantitative estimate of drug-likeness (QED) is 0.690. The van der Waals surface area contributed by atoms with E-state index in [0.717, 1.165) is 22.3 Å². The molecule has 0 spiro atoms.